The van der Waals surface area contributed by atoms with Crippen molar-refractivity contribution in [3.05, 3.63) is 29.1 Å². The van der Waals surface area contributed by atoms with Crippen LogP contribution >= 0.6 is 0 Å². The van der Waals surface area contributed by atoms with E-state index in [0.29, 0.717) is 24.0 Å². The van der Waals surface area contributed by atoms with Crippen LogP contribution in [-0.2, 0) is 11.2 Å². The zero-order valence-electron chi connectivity index (χ0n) is 10.2. The molecule has 4 nitrogen and oxygen atoms in total. The Morgan fingerprint density at radius 1 is 1.50 bits per heavy atom. The van der Waals surface area contributed by atoms with Gasteiger partial charge in [-0.25, -0.2) is 4.39 Å². The Balaban J connectivity index is 2.39. The molecule has 1 aliphatic rings. The van der Waals surface area contributed by atoms with Gasteiger partial charge in [0.05, 0.1) is 13.2 Å². The monoisotopic (exact) mass is 251 g/mol. The van der Waals surface area contributed by atoms with Crippen molar-refractivity contribution in [2.75, 3.05) is 7.11 Å². The predicted octanol–water partition coefficient (Wildman–Crippen LogP) is 1.47. The summed E-state index contributed by atoms with van der Waals surface area (Å²) in [6.45, 7) is 1.37. The van der Waals surface area contributed by atoms with Crippen LogP contribution in [0.3, 0.4) is 0 Å². The lowest BCUT2D eigenvalue weighted by atomic mass is 9.86. The number of rotatable bonds is 2. The van der Waals surface area contributed by atoms with Crippen LogP contribution in [0, 0.1) is 5.82 Å². The molecule has 18 heavy (non-hydrogen) atoms. The van der Waals surface area contributed by atoms with E-state index >= 15 is 0 Å². The van der Waals surface area contributed by atoms with Gasteiger partial charge in [-0.2, -0.15) is 0 Å². The van der Waals surface area contributed by atoms with Crippen molar-refractivity contribution in [1.82, 2.24) is 5.32 Å². The van der Waals surface area contributed by atoms with Gasteiger partial charge in [0.1, 0.15) is 0 Å². The summed E-state index contributed by atoms with van der Waals surface area (Å²) in [6.07, 6.45) is 0.970. The number of Topliss-reactive ketones (excluding diaryl/α,β-unsaturated/α-hetero) is 1. The van der Waals surface area contributed by atoms with E-state index in [9.17, 15) is 14.0 Å². The van der Waals surface area contributed by atoms with Gasteiger partial charge in [-0.15, -0.1) is 0 Å². The molecule has 1 aromatic rings. The van der Waals surface area contributed by atoms with Crippen LogP contribution in [0.2, 0.25) is 0 Å². The summed E-state index contributed by atoms with van der Waals surface area (Å²) in [4.78, 5) is 23.1. The van der Waals surface area contributed by atoms with Crippen molar-refractivity contribution in [1.29, 1.82) is 0 Å². The van der Waals surface area contributed by atoms with Crippen LogP contribution in [0.25, 0.3) is 0 Å². The second kappa shape index (κ2) is 4.76. The number of benzene rings is 1. The fourth-order valence-corrected chi connectivity index (χ4v) is 2.29. The molecule has 0 fully saturated rings. The number of ether oxygens (including phenoxy) is 1. The largest absolute Gasteiger partial charge is 0.493 e. The number of hydrogen-bond acceptors (Lipinski definition) is 3. The number of carbonyl (C=O) groups excluding carboxylic acids is 2. The molecule has 1 amide bonds. The zero-order valence-corrected chi connectivity index (χ0v) is 10.2. The van der Waals surface area contributed by atoms with Gasteiger partial charge < -0.3 is 10.1 Å². The minimum Gasteiger partial charge on any atom is -0.493 e. The van der Waals surface area contributed by atoms with Crippen LogP contribution in [0.1, 0.15) is 29.3 Å². The molecule has 0 aromatic heterocycles. The molecule has 0 heterocycles. The number of fused-ring (bicyclic) bond motifs is 1. The molecule has 0 bridgehead atoms. The summed E-state index contributed by atoms with van der Waals surface area (Å²) >= 11 is 0. The SMILES string of the molecule is COc1c(F)ccc2c1CCC(NC(C)=O)C2=O. The molecule has 0 spiro atoms. The summed E-state index contributed by atoms with van der Waals surface area (Å²) in [5.74, 6) is -0.778. The molecule has 1 N–H and O–H groups in total. The molecule has 0 saturated heterocycles. The topological polar surface area (TPSA) is 55.4 Å². The Morgan fingerprint density at radius 2 is 2.22 bits per heavy atom. The van der Waals surface area contributed by atoms with Crippen LogP contribution in [-0.4, -0.2) is 24.8 Å². The number of methoxy groups -OCH3 is 1. The van der Waals surface area contributed by atoms with Crippen molar-refractivity contribution in [2.45, 2.75) is 25.8 Å². The molecule has 96 valence electrons. The van der Waals surface area contributed by atoms with E-state index in [1.165, 1.54) is 26.2 Å². The molecular formula is C13H14FNO3. The Labute approximate surface area is 104 Å². The van der Waals surface area contributed by atoms with E-state index < -0.39 is 11.9 Å². The molecule has 5 heteroatoms. The van der Waals surface area contributed by atoms with Crippen molar-refractivity contribution >= 4 is 11.7 Å². The third-order valence-electron chi connectivity index (χ3n) is 3.06. The highest BCUT2D eigenvalue weighted by atomic mass is 19.1. The number of nitrogens with one attached hydrogen (secondary N) is 1. The van der Waals surface area contributed by atoms with Crippen LogP contribution in [0.15, 0.2) is 12.1 Å². The summed E-state index contributed by atoms with van der Waals surface area (Å²) < 4.78 is 18.5. The molecule has 0 aliphatic heterocycles. The first-order valence-corrected chi connectivity index (χ1v) is 5.71. The van der Waals surface area contributed by atoms with Gasteiger partial charge in [-0.3, -0.25) is 9.59 Å². The first kappa shape index (κ1) is 12.5. The normalized spacial score (nSPS) is 18.2. The van der Waals surface area contributed by atoms with Crippen LogP contribution in [0.5, 0.6) is 5.75 Å². The molecule has 1 aromatic carbocycles. The third-order valence-corrected chi connectivity index (χ3v) is 3.06. The number of ketones is 1. The van der Waals surface area contributed by atoms with Crippen molar-refractivity contribution in [2.24, 2.45) is 0 Å². The predicted molar refractivity (Wildman–Crippen MR) is 63.2 cm³/mol. The molecule has 1 aliphatic carbocycles. The fourth-order valence-electron chi connectivity index (χ4n) is 2.29. The average molecular weight is 251 g/mol. The van der Waals surface area contributed by atoms with E-state index in [0.717, 1.165) is 0 Å². The van der Waals surface area contributed by atoms with E-state index in [1.807, 2.05) is 0 Å². The number of carbonyl (C=O) groups is 2. The molecule has 1 atom stereocenters. The minimum absolute atomic E-state index is 0.127. The second-order valence-corrected chi connectivity index (χ2v) is 4.26. The van der Waals surface area contributed by atoms with Crippen LogP contribution in [0.4, 0.5) is 4.39 Å². The summed E-state index contributed by atoms with van der Waals surface area (Å²) in [5, 5.41) is 2.60. The van der Waals surface area contributed by atoms with Gasteiger partial charge in [-0.05, 0) is 25.0 Å². The Hall–Kier alpha value is -1.91. The van der Waals surface area contributed by atoms with E-state index in [2.05, 4.69) is 5.32 Å². The minimum atomic E-state index is -0.523. The first-order chi connectivity index (χ1) is 8.54. The van der Waals surface area contributed by atoms with Crippen LogP contribution < -0.4 is 10.1 Å². The van der Waals surface area contributed by atoms with Gasteiger partial charge in [0.15, 0.2) is 17.3 Å². The maximum atomic E-state index is 13.5. The van der Waals surface area contributed by atoms with Crippen molar-refractivity contribution in [3.8, 4) is 5.75 Å². The molecule has 0 radical (unpaired) electrons. The zero-order chi connectivity index (χ0) is 13.3. The first-order valence-electron chi connectivity index (χ1n) is 5.71. The molecule has 2 rings (SSSR count). The lowest BCUT2D eigenvalue weighted by Crippen LogP contribution is -2.42. The standard InChI is InChI=1S/C13H14FNO3/c1-7(16)15-11-6-4-9-8(12(11)17)3-5-10(14)13(9)18-2/h3,5,11H,4,6H2,1-2H3,(H,15,16). The number of halogens is 1. The van der Waals surface area contributed by atoms with Gasteiger partial charge in [0, 0.05) is 18.1 Å². The smallest absolute Gasteiger partial charge is 0.217 e. The van der Waals surface area contributed by atoms with E-state index in [1.54, 1.807) is 0 Å². The van der Waals surface area contributed by atoms with E-state index in [4.69, 9.17) is 4.74 Å². The van der Waals surface area contributed by atoms with Crippen molar-refractivity contribution in [3.63, 3.8) is 0 Å². The molecule has 1 unspecified atom stereocenters. The highest BCUT2D eigenvalue weighted by molar-refractivity contribution is 6.04. The number of amides is 1. The maximum Gasteiger partial charge on any atom is 0.217 e. The Kier molecular flexibility index (Phi) is 3.32. The summed E-state index contributed by atoms with van der Waals surface area (Å²) in [6, 6.07) is 2.14. The number of hydrogen-bond donors (Lipinski definition) is 1. The maximum absolute atomic E-state index is 13.5. The Bertz CT molecular complexity index is 513. The summed E-state index contributed by atoms with van der Waals surface area (Å²) in [7, 11) is 1.38. The molecular weight excluding hydrogens is 237 g/mol. The highest BCUT2D eigenvalue weighted by Crippen LogP contribution is 2.31. The molecule has 0 saturated carbocycles. The third kappa shape index (κ3) is 2.08. The highest BCUT2D eigenvalue weighted by Gasteiger charge is 2.30. The van der Waals surface area contributed by atoms with Gasteiger partial charge in [-0.1, -0.05) is 0 Å². The lowest BCUT2D eigenvalue weighted by molar-refractivity contribution is -0.119. The van der Waals surface area contributed by atoms with E-state index in [-0.39, 0.29) is 17.4 Å². The fraction of sp³-hybridized carbons (Fsp3) is 0.385. The Morgan fingerprint density at radius 3 is 2.83 bits per heavy atom. The van der Waals surface area contributed by atoms with Gasteiger partial charge in [0.25, 0.3) is 0 Å². The lowest BCUT2D eigenvalue weighted by Gasteiger charge is -2.25. The second-order valence-electron chi connectivity index (χ2n) is 4.26. The van der Waals surface area contributed by atoms with Gasteiger partial charge >= 0.3 is 0 Å². The van der Waals surface area contributed by atoms with Crippen molar-refractivity contribution < 1.29 is 18.7 Å². The van der Waals surface area contributed by atoms with Gasteiger partial charge in [0.2, 0.25) is 5.91 Å². The quantitative estimate of drug-likeness (QED) is 0.866. The average Bonchev–Trinajstić information content (AvgIpc) is 2.32. The summed E-state index contributed by atoms with van der Waals surface area (Å²) in [5.41, 5.74) is 1.02.